The fourth-order valence-corrected chi connectivity index (χ4v) is 2.08. The number of carbonyl (C=O) groups is 1. The molecule has 4 heteroatoms. The molecule has 1 rings (SSSR count). The van der Waals surface area contributed by atoms with Crippen LogP contribution < -0.4 is 5.32 Å². The molecule has 0 aromatic rings. The summed E-state index contributed by atoms with van der Waals surface area (Å²) in [4.78, 5) is 12.0. The fourth-order valence-electron chi connectivity index (χ4n) is 2.08. The largest absolute Gasteiger partial charge is 0.466 e. The second-order valence-corrected chi connectivity index (χ2v) is 4.77. The van der Waals surface area contributed by atoms with Gasteiger partial charge in [-0.15, -0.1) is 12.4 Å². The zero-order valence-corrected chi connectivity index (χ0v) is 11.9. The SMILES string of the molecule is CCOC(=O)C1(CC=C(C)C)CCCNC1.Cl. The Morgan fingerprint density at radius 2 is 2.18 bits per heavy atom. The second kappa shape index (κ2) is 7.72. The minimum absolute atomic E-state index is 0. The monoisotopic (exact) mass is 261 g/mol. The van der Waals surface area contributed by atoms with Gasteiger partial charge < -0.3 is 10.1 Å². The standard InChI is InChI=1S/C13H23NO2.ClH/c1-4-16-12(15)13(8-6-11(2)3)7-5-9-14-10-13;/h6,14H,4-5,7-10H2,1-3H3;1H. The molecular weight excluding hydrogens is 238 g/mol. The van der Waals surface area contributed by atoms with Crippen molar-refractivity contribution < 1.29 is 9.53 Å². The molecule has 0 aromatic carbocycles. The molecule has 1 aliphatic rings. The molecule has 0 bridgehead atoms. The highest BCUT2D eigenvalue weighted by Crippen LogP contribution is 2.32. The summed E-state index contributed by atoms with van der Waals surface area (Å²) in [6.07, 6.45) is 4.92. The maximum atomic E-state index is 12.0. The molecule has 1 fully saturated rings. The van der Waals surface area contributed by atoms with Crippen LogP contribution in [0.4, 0.5) is 0 Å². The summed E-state index contributed by atoms with van der Waals surface area (Å²) in [7, 11) is 0. The molecule has 1 saturated heterocycles. The van der Waals surface area contributed by atoms with Crippen molar-refractivity contribution in [3.8, 4) is 0 Å². The first-order chi connectivity index (χ1) is 7.60. The number of hydrogen-bond acceptors (Lipinski definition) is 3. The van der Waals surface area contributed by atoms with Gasteiger partial charge in [0.05, 0.1) is 12.0 Å². The highest BCUT2D eigenvalue weighted by Gasteiger charge is 2.39. The lowest BCUT2D eigenvalue weighted by Crippen LogP contribution is -2.46. The Morgan fingerprint density at radius 3 is 2.65 bits per heavy atom. The molecule has 1 heterocycles. The predicted molar refractivity (Wildman–Crippen MR) is 72.5 cm³/mol. The Bertz CT molecular complexity index is 267. The number of nitrogens with one attached hydrogen (secondary N) is 1. The summed E-state index contributed by atoms with van der Waals surface area (Å²) >= 11 is 0. The van der Waals surface area contributed by atoms with Gasteiger partial charge >= 0.3 is 5.97 Å². The summed E-state index contributed by atoms with van der Waals surface area (Å²) < 4.78 is 5.21. The summed E-state index contributed by atoms with van der Waals surface area (Å²) in [5.74, 6) is -0.0419. The van der Waals surface area contributed by atoms with Gasteiger partial charge in [0.2, 0.25) is 0 Å². The average Bonchev–Trinajstić information content (AvgIpc) is 2.28. The van der Waals surface area contributed by atoms with Gasteiger partial charge in [-0.25, -0.2) is 0 Å². The molecule has 1 unspecified atom stereocenters. The first kappa shape index (κ1) is 16.5. The topological polar surface area (TPSA) is 38.3 Å². The van der Waals surface area contributed by atoms with Gasteiger partial charge in [-0.1, -0.05) is 11.6 Å². The van der Waals surface area contributed by atoms with E-state index in [1.807, 2.05) is 6.92 Å². The van der Waals surface area contributed by atoms with Crippen molar-refractivity contribution in [1.82, 2.24) is 5.32 Å². The van der Waals surface area contributed by atoms with Gasteiger partial charge in [0.15, 0.2) is 0 Å². The van der Waals surface area contributed by atoms with Crippen molar-refractivity contribution in [2.24, 2.45) is 5.41 Å². The van der Waals surface area contributed by atoms with Crippen LogP contribution in [0.2, 0.25) is 0 Å². The highest BCUT2D eigenvalue weighted by atomic mass is 35.5. The molecular formula is C13H24ClNO2. The Balaban J connectivity index is 0.00000256. The van der Waals surface area contributed by atoms with Crippen LogP contribution in [0.3, 0.4) is 0 Å². The highest BCUT2D eigenvalue weighted by molar-refractivity contribution is 5.85. The molecule has 0 radical (unpaired) electrons. The lowest BCUT2D eigenvalue weighted by Gasteiger charge is -2.34. The number of esters is 1. The third-order valence-electron chi connectivity index (χ3n) is 3.08. The lowest BCUT2D eigenvalue weighted by molar-refractivity contribution is -0.156. The Hall–Kier alpha value is -0.540. The van der Waals surface area contributed by atoms with Crippen molar-refractivity contribution in [1.29, 1.82) is 0 Å². The summed E-state index contributed by atoms with van der Waals surface area (Å²) in [5, 5.41) is 3.31. The third kappa shape index (κ3) is 4.68. The first-order valence-corrected chi connectivity index (χ1v) is 6.12. The van der Waals surface area contributed by atoms with Crippen molar-refractivity contribution in [2.45, 2.75) is 40.0 Å². The quantitative estimate of drug-likeness (QED) is 0.625. The van der Waals surface area contributed by atoms with Crippen LogP contribution in [0.1, 0.15) is 40.0 Å². The van der Waals surface area contributed by atoms with E-state index in [1.54, 1.807) is 0 Å². The molecule has 17 heavy (non-hydrogen) atoms. The lowest BCUT2D eigenvalue weighted by atomic mass is 9.77. The van der Waals surface area contributed by atoms with E-state index in [9.17, 15) is 4.79 Å². The van der Waals surface area contributed by atoms with Crippen molar-refractivity contribution in [3.05, 3.63) is 11.6 Å². The van der Waals surface area contributed by atoms with Gasteiger partial charge in [0.1, 0.15) is 0 Å². The van der Waals surface area contributed by atoms with Crippen LogP contribution >= 0.6 is 12.4 Å². The Labute approximate surface area is 110 Å². The first-order valence-electron chi connectivity index (χ1n) is 6.12. The van der Waals surface area contributed by atoms with Crippen LogP contribution in [-0.2, 0) is 9.53 Å². The maximum absolute atomic E-state index is 12.0. The van der Waals surface area contributed by atoms with Crippen molar-refractivity contribution in [2.75, 3.05) is 19.7 Å². The van der Waals surface area contributed by atoms with Crippen molar-refractivity contribution >= 4 is 18.4 Å². The third-order valence-corrected chi connectivity index (χ3v) is 3.08. The molecule has 0 saturated carbocycles. The second-order valence-electron chi connectivity index (χ2n) is 4.77. The fraction of sp³-hybridized carbons (Fsp3) is 0.769. The van der Waals surface area contributed by atoms with E-state index in [-0.39, 0.29) is 23.8 Å². The van der Waals surface area contributed by atoms with Crippen molar-refractivity contribution in [3.63, 3.8) is 0 Å². The van der Waals surface area contributed by atoms with Gasteiger partial charge in [-0.05, 0) is 46.6 Å². The van der Waals surface area contributed by atoms with E-state index in [0.717, 1.165) is 32.4 Å². The van der Waals surface area contributed by atoms with Gasteiger partial charge in [0.25, 0.3) is 0 Å². The van der Waals surface area contributed by atoms with E-state index in [1.165, 1.54) is 5.57 Å². The van der Waals surface area contributed by atoms with Crippen LogP contribution in [0.25, 0.3) is 0 Å². The minimum atomic E-state index is -0.328. The number of ether oxygens (including phenoxy) is 1. The number of allylic oxidation sites excluding steroid dienone is 2. The molecule has 3 nitrogen and oxygen atoms in total. The smallest absolute Gasteiger partial charge is 0.313 e. The van der Waals surface area contributed by atoms with E-state index in [2.05, 4.69) is 25.2 Å². The van der Waals surface area contributed by atoms with Crippen LogP contribution in [-0.4, -0.2) is 25.7 Å². The van der Waals surface area contributed by atoms with Gasteiger partial charge in [-0.3, -0.25) is 4.79 Å². The Morgan fingerprint density at radius 1 is 1.47 bits per heavy atom. The minimum Gasteiger partial charge on any atom is -0.466 e. The summed E-state index contributed by atoms with van der Waals surface area (Å²) in [5.41, 5.74) is 0.931. The zero-order chi connectivity index (χ0) is 12.0. The number of hydrogen-bond donors (Lipinski definition) is 1. The molecule has 1 N–H and O–H groups in total. The molecule has 100 valence electrons. The average molecular weight is 262 g/mol. The van der Waals surface area contributed by atoms with E-state index >= 15 is 0 Å². The predicted octanol–water partition coefficient (Wildman–Crippen LogP) is 2.70. The number of rotatable bonds is 4. The molecule has 0 aliphatic carbocycles. The van der Waals surface area contributed by atoms with E-state index in [0.29, 0.717) is 6.61 Å². The van der Waals surface area contributed by atoms with Crippen LogP contribution in [0, 0.1) is 5.41 Å². The zero-order valence-electron chi connectivity index (χ0n) is 11.0. The number of piperidine rings is 1. The van der Waals surface area contributed by atoms with Gasteiger partial charge in [-0.2, -0.15) is 0 Å². The van der Waals surface area contributed by atoms with E-state index < -0.39 is 0 Å². The molecule has 0 aromatic heterocycles. The molecule has 0 amide bonds. The number of halogens is 1. The van der Waals surface area contributed by atoms with Crippen LogP contribution in [0.5, 0.6) is 0 Å². The number of carbonyl (C=O) groups excluding carboxylic acids is 1. The molecule has 1 atom stereocenters. The van der Waals surface area contributed by atoms with Gasteiger partial charge in [0, 0.05) is 6.54 Å². The van der Waals surface area contributed by atoms with E-state index in [4.69, 9.17) is 4.74 Å². The Kier molecular flexibility index (Phi) is 7.48. The molecule has 1 aliphatic heterocycles. The summed E-state index contributed by atoms with van der Waals surface area (Å²) in [6.45, 7) is 8.22. The normalized spacial score (nSPS) is 23.5. The molecule has 0 spiro atoms. The van der Waals surface area contributed by atoms with Crippen LogP contribution in [0.15, 0.2) is 11.6 Å². The maximum Gasteiger partial charge on any atom is 0.313 e. The summed E-state index contributed by atoms with van der Waals surface area (Å²) in [6, 6.07) is 0.